The number of anilines is 1. The minimum atomic E-state index is -0.658. The summed E-state index contributed by atoms with van der Waals surface area (Å²) in [6.45, 7) is 0.572. The number of nitrogens with one attached hydrogen (secondary N) is 1. The Morgan fingerprint density at radius 2 is 1.71 bits per heavy atom. The van der Waals surface area contributed by atoms with Crippen LogP contribution in [-0.2, 0) is 14.3 Å². The fourth-order valence-corrected chi connectivity index (χ4v) is 2.54. The Balaban J connectivity index is 1.57. The van der Waals surface area contributed by atoms with Crippen LogP contribution in [0.3, 0.4) is 0 Å². The first-order chi connectivity index (χ1) is 13.6. The number of rotatable bonds is 5. The molecule has 146 valence electrons. The molecule has 8 nitrogen and oxygen atoms in total. The Morgan fingerprint density at radius 3 is 2.50 bits per heavy atom. The Bertz CT molecular complexity index is 894. The highest BCUT2D eigenvalue weighted by molar-refractivity contribution is 5.97. The van der Waals surface area contributed by atoms with E-state index in [-0.39, 0.29) is 5.56 Å². The summed E-state index contributed by atoms with van der Waals surface area (Å²) in [7, 11) is 1.27. The van der Waals surface area contributed by atoms with E-state index in [2.05, 4.69) is 10.1 Å². The van der Waals surface area contributed by atoms with Crippen molar-refractivity contribution in [2.75, 3.05) is 32.2 Å². The van der Waals surface area contributed by atoms with Crippen LogP contribution in [0.1, 0.15) is 27.1 Å². The van der Waals surface area contributed by atoms with Gasteiger partial charge in [-0.1, -0.05) is 6.07 Å². The van der Waals surface area contributed by atoms with Gasteiger partial charge in [-0.15, -0.1) is 0 Å². The van der Waals surface area contributed by atoms with Crippen molar-refractivity contribution in [3.05, 3.63) is 53.6 Å². The van der Waals surface area contributed by atoms with Gasteiger partial charge in [0.25, 0.3) is 5.91 Å². The van der Waals surface area contributed by atoms with Gasteiger partial charge in [-0.05, 0) is 36.4 Å². The van der Waals surface area contributed by atoms with Gasteiger partial charge in [-0.25, -0.2) is 9.59 Å². The number of ether oxygens (including phenoxy) is 4. The van der Waals surface area contributed by atoms with Crippen molar-refractivity contribution < 1.29 is 33.3 Å². The molecule has 0 saturated heterocycles. The van der Waals surface area contributed by atoms with E-state index in [4.69, 9.17) is 14.2 Å². The van der Waals surface area contributed by atoms with E-state index in [0.717, 1.165) is 6.42 Å². The van der Waals surface area contributed by atoms with Gasteiger partial charge >= 0.3 is 11.9 Å². The lowest BCUT2D eigenvalue weighted by molar-refractivity contribution is -0.119. The van der Waals surface area contributed by atoms with Gasteiger partial charge in [0.05, 0.1) is 31.5 Å². The van der Waals surface area contributed by atoms with Crippen molar-refractivity contribution in [1.29, 1.82) is 0 Å². The molecule has 1 aliphatic heterocycles. The number of benzene rings is 2. The lowest BCUT2D eigenvalue weighted by Crippen LogP contribution is -2.21. The zero-order valence-corrected chi connectivity index (χ0v) is 15.2. The molecule has 2 aromatic rings. The van der Waals surface area contributed by atoms with Crippen molar-refractivity contribution in [1.82, 2.24) is 0 Å². The van der Waals surface area contributed by atoms with Crippen LogP contribution in [0.4, 0.5) is 5.69 Å². The Kier molecular flexibility index (Phi) is 6.11. The van der Waals surface area contributed by atoms with Crippen LogP contribution in [0, 0.1) is 0 Å². The molecule has 0 fully saturated rings. The van der Waals surface area contributed by atoms with Crippen molar-refractivity contribution in [3.8, 4) is 11.5 Å². The maximum atomic E-state index is 12.2. The molecule has 8 heteroatoms. The normalized spacial score (nSPS) is 12.5. The Morgan fingerprint density at radius 1 is 0.964 bits per heavy atom. The number of carbonyl (C=O) groups is 3. The topological polar surface area (TPSA) is 100 Å². The molecular formula is C20H19NO7. The Labute approximate surface area is 161 Å². The van der Waals surface area contributed by atoms with Gasteiger partial charge < -0.3 is 24.3 Å². The number of carbonyl (C=O) groups excluding carboxylic acids is 3. The third-order valence-corrected chi connectivity index (χ3v) is 3.89. The first kappa shape index (κ1) is 19.2. The van der Waals surface area contributed by atoms with Crippen molar-refractivity contribution in [2.45, 2.75) is 6.42 Å². The van der Waals surface area contributed by atoms with E-state index in [9.17, 15) is 14.4 Å². The highest BCUT2D eigenvalue weighted by Crippen LogP contribution is 2.30. The van der Waals surface area contributed by atoms with Crippen LogP contribution < -0.4 is 14.8 Å². The number of amides is 1. The molecule has 1 aliphatic rings. The van der Waals surface area contributed by atoms with Crippen LogP contribution >= 0.6 is 0 Å². The predicted octanol–water partition coefficient (Wildman–Crippen LogP) is 2.43. The fourth-order valence-electron chi connectivity index (χ4n) is 2.54. The number of fused-ring (bicyclic) bond motifs is 1. The highest BCUT2D eigenvalue weighted by Gasteiger charge is 2.16. The summed E-state index contributed by atoms with van der Waals surface area (Å²) in [6.07, 6.45) is 0.756. The van der Waals surface area contributed by atoms with Crippen molar-refractivity contribution in [3.63, 3.8) is 0 Å². The molecule has 0 unspecified atom stereocenters. The van der Waals surface area contributed by atoms with Gasteiger partial charge in [0.15, 0.2) is 18.1 Å². The zero-order chi connectivity index (χ0) is 19.9. The molecule has 0 radical (unpaired) electrons. The quantitative estimate of drug-likeness (QED) is 0.789. The first-order valence-corrected chi connectivity index (χ1v) is 8.62. The summed E-state index contributed by atoms with van der Waals surface area (Å²) in [5.74, 6) is -0.677. The molecule has 2 aromatic carbocycles. The number of hydrogen-bond acceptors (Lipinski definition) is 7. The van der Waals surface area contributed by atoms with E-state index >= 15 is 0 Å². The van der Waals surface area contributed by atoms with Gasteiger partial charge in [-0.2, -0.15) is 0 Å². The maximum Gasteiger partial charge on any atom is 0.338 e. The third kappa shape index (κ3) is 4.79. The molecule has 0 atom stereocenters. The standard InChI is InChI=1S/C20H19NO7/c1-25-19(23)13-4-2-5-15(10-13)21-18(22)12-28-20(24)14-6-7-16-17(11-14)27-9-3-8-26-16/h2,4-7,10-11H,3,8-9,12H2,1H3,(H,21,22). The molecule has 0 spiro atoms. The molecule has 3 rings (SSSR count). The van der Waals surface area contributed by atoms with Crippen LogP contribution in [0.25, 0.3) is 0 Å². The zero-order valence-electron chi connectivity index (χ0n) is 15.2. The molecule has 0 bridgehead atoms. The summed E-state index contributed by atoms with van der Waals surface area (Å²) in [4.78, 5) is 35.7. The lowest BCUT2D eigenvalue weighted by atomic mass is 10.2. The van der Waals surface area contributed by atoms with E-state index in [0.29, 0.717) is 36.0 Å². The van der Waals surface area contributed by atoms with Gasteiger partial charge in [-0.3, -0.25) is 4.79 Å². The van der Waals surface area contributed by atoms with E-state index in [1.54, 1.807) is 30.3 Å². The van der Waals surface area contributed by atoms with Gasteiger partial charge in [0, 0.05) is 12.1 Å². The molecule has 1 N–H and O–H groups in total. The second-order valence-corrected chi connectivity index (χ2v) is 5.91. The minimum absolute atomic E-state index is 0.254. The first-order valence-electron chi connectivity index (χ1n) is 8.62. The summed E-state index contributed by atoms with van der Waals surface area (Å²) >= 11 is 0. The van der Waals surface area contributed by atoms with Gasteiger partial charge in [0.1, 0.15) is 0 Å². The highest BCUT2D eigenvalue weighted by atomic mass is 16.5. The lowest BCUT2D eigenvalue weighted by Gasteiger charge is -2.10. The maximum absolute atomic E-state index is 12.2. The summed E-state index contributed by atoms with van der Waals surface area (Å²) in [5.41, 5.74) is 0.939. The van der Waals surface area contributed by atoms with Gasteiger partial charge in [0.2, 0.25) is 0 Å². The molecular weight excluding hydrogens is 366 g/mol. The van der Waals surface area contributed by atoms with E-state index in [1.807, 2.05) is 0 Å². The van der Waals surface area contributed by atoms with Crippen LogP contribution in [0.2, 0.25) is 0 Å². The van der Waals surface area contributed by atoms with E-state index < -0.39 is 24.5 Å². The van der Waals surface area contributed by atoms with Crippen LogP contribution in [-0.4, -0.2) is 44.8 Å². The molecule has 1 heterocycles. The smallest absolute Gasteiger partial charge is 0.338 e. The minimum Gasteiger partial charge on any atom is -0.490 e. The largest absolute Gasteiger partial charge is 0.490 e. The van der Waals surface area contributed by atoms with E-state index in [1.165, 1.54) is 19.2 Å². The molecule has 0 aliphatic carbocycles. The van der Waals surface area contributed by atoms with Crippen molar-refractivity contribution >= 4 is 23.5 Å². The number of esters is 2. The Hall–Kier alpha value is -3.55. The van der Waals surface area contributed by atoms with Crippen LogP contribution in [0.5, 0.6) is 11.5 Å². The molecule has 0 saturated carbocycles. The second kappa shape index (κ2) is 8.90. The predicted molar refractivity (Wildman–Crippen MR) is 98.7 cm³/mol. The SMILES string of the molecule is COC(=O)c1cccc(NC(=O)COC(=O)c2ccc3c(c2)OCCCO3)c1. The monoisotopic (exact) mass is 385 g/mol. The third-order valence-electron chi connectivity index (χ3n) is 3.89. The van der Waals surface area contributed by atoms with Crippen LogP contribution in [0.15, 0.2) is 42.5 Å². The summed E-state index contributed by atoms with van der Waals surface area (Å²) in [6, 6.07) is 11.0. The molecule has 28 heavy (non-hydrogen) atoms. The summed E-state index contributed by atoms with van der Waals surface area (Å²) in [5, 5.41) is 2.56. The van der Waals surface area contributed by atoms with Crippen molar-refractivity contribution in [2.24, 2.45) is 0 Å². The number of hydrogen-bond donors (Lipinski definition) is 1. The average molecular weight is 385 g/mol. The second-order valence-electron chi connectivity index (χ2n) is 5.91. The number of methoxy groups -OCH3 is 1. The molecule has 1 amide bonds. The molecule has 0 aromatic heterocycles. The summed E-state index contributed by atoms with van der Waals surface area (Å²) < 4.78 is 20.7. The average Bonchev–Trinajstić information content (AvgIpc) is 2.96. The fraction of sp³-hybridized carbons (Fsp3) is 0.250.